The molecule has 4 aliphatic rings. The van der Waals surface area contributed by atoms with Crippen LogP contribution in [0.4, 0.5) is 11.4 Å². The third-order valence-electron chi connectivity index (χ3n) is 8.02. The Hall–Kier alpha value is -3.42. The fraction of sp³-hybridized carbons (Fsp3) is 0.481. The zero-order valence-corrected chi connectivity index (χ0v) is 19.8. The Morgan fingerprint density at radius 1 is 0.886 bits per heavy atom. The molecule has 0 atom stereocenters. The molecule has 2 amide bonds. The van der Waals surface area contributed by atoms with Crippen molar-refractivity contribution in [2.75, 3.05) is 18.4 Å². The van der Waals surface area contributed by atoms with Gasteiger partial charge in [0.05, 0.1) is 4.92 Å². The molecule has 4 aliphatic carbocycles. The van der Waals surface area contributed by atoms with Gasteiger partial charge in [0, 0.05) is 36.7 Å². The third kappa shape index (κ3) is 5.01. The van der Waals surface area contributed by atoms with Crippen LogP contribution in [0.3, 0.4) is 0 Å². The number of nitro benzene ring substituents is 1. The van der Waals surface area contributed by atoms with E-state index in [9.17, 15) is 19.7 Å². The van der Waals surface area contributed by atoms with Gasteiger partial charge in [0.25, 0.3) is 11.6 Å². The van der Waals surface area contributed by atoms with Crippen LogP contribution >= 0.6 is 0 Å². The van der Waals surface area contributed by atoms with E-state index < -0.39 is 4.92 Å². The Labute approximate surface area is 205 Å². The Morgan fingerprint density at radius 2 is 1.51 bits per heavy atom. The summed E-state index contributed by atoms with van der Waals surface area (Å²) >= 11 is 0. The molecule has 0 radical (unpaired) electrons. The Balaban J connectivity index is 1.08. The van der Waals surface area contributed by atoms with E-state index in [4.69, 9.17) is 0 Å². The van der Waals surface area contributed by atoms with Crippen molar-refractivity contribution in [3.63, 3.8) is 0 Å². The van der Waals surface area contributed by atoms with Crippen molar-refractivity contribution < 1.29 is 14.5 Å². The number of rotatable bonds is 9. The minimum absolute atomic E-state index is 0.00435. The lowest BCUT2D eigenvalue weighted by atomic mass is 9.49. The van der Waals surface area contributed by atoms with Crippen LogP contribution < -0.4 is 16.0 Å². The van der Waals surface area contributed by atoms with E-state index in [1.807, 2.05) is 12.1 Å². The maximum Gasteiger partial charge on any atom is 0.292 e. The lowest BCUT2D eigenvalue weighted by molar-refractivity contribution is -0.384. The maximum absolute atomic E-state index is 13.1. The molecule has 8 heteroatoms. The number of nitrogens with zero attached hydrogens (tertiary/aromatic N) is 1. The highest BCUT2D eigenvalue weighted by Crippen LogP contribution is 2.60. The number of para-hydroxylation sites is 2. The van der Waals surface area contributed by atoms with Crippen LogP contribution in [0.1, 0.15) is 54.4 Å². The summed E-state index contributed by atoms with van der Waals surface area (Å²) in [5.74, 6) is 2.22. The molecule has 0 heterocycles. The van der Waals surface area contributed by atoms with E-state index in [0.29, 0.717) is 30.9 Å². The first kappa shape index (κ1) is 23.3. The molecule has 4 fully saturated rings. The van der Waals surface area contributed by atoms with Gasteiger partial charge < -0.3 is 16.0 Å². The number of hydrogen-bond acceptors (Lipinski definition) is 5. The van der Waals surface area contributed by atoms with Gasteiger partial charge >= 0.3 is 0 Å². The zero-order chi connectivity index (χ0) is 24.4. The van der Waals surface area contributed by atoms with Crippen molar-refractivity contribution in [3.05, 3.63) is 69.8 Å². The monoisotopic (exact) mass is 476 g/mol. The van der Waals surface area contributed by atoms with Gasteiger partial charge in [0.15, 0.2) is 0 Å². The van der Waals surface area contributed by atoms with Gasteiger partial charge in [0.2, 0.25) is 5.91 Å². The molecule has 0 unspecified atom stereocenters. The van der Waals surface area contributed by atoms with E-state index in [0.717, 1.165) is 42.6 Å². The highest BCUT2D eigenvalue weighted by Gasteiger charge is 2.54. The van der Waals surface area contributed by atoms with Gasteiger partial charge in [-0.15, -0.1) is 0 Å². The standard InChI is InChI=1S/C27H32N4O4/c32-25(29-10-9-28-23-3-1-2-4-24(23)31(34)35)22-7-5-18(6-8-22)17-30-26(33)27-14-19-11-20(15-27)13-21(12-19)16-27/h1-8,19-21,28H,9-17H2,(H,29,32)(H,30,33). The summed E-state index contributed by atoms with van der Waals surface area (Å²) in [6.45, 7) is 1.17. The predicted octanol–water partition coefficient (Wildman–Crippen LogP) is 4.27. The van der Waals surface area contributed by atoms with Crippen molar-refractivity contribution in [1.82, 2.24) is 10.6 Å². The van der Waals surface area contributed by atoms with Crippen LogP contribution in [0.5, 0.6) is 0 Å². The first-order chi connectivity index (χ1) is 16.9. The van der Waals surface area contributed by atoms with Crippen molar-refractivity contribution in [2.45, 2.75) is 45.1 Å². The molecule has 0 aromatic heterocycles. The fourth-order valence-corrected chi connectivity index (χ4v) is 6.79. The number of amides is 2. The van der Waals surface area contributed by atoms with Gasteiger partial charge in [-0.2, -0.15) is 0 Å². The van der Waals surface area contributed by atoms with Gasteiger partial charge in [-0.1, -0.05) is 24.3 Å². The molecule has 0 spiro atoms. The smallest absolute Gasteiger partial charge is 0.292 e. The molecule has 3 N–H and O–H groups in total. The third-order valence-corrected chi connectivity index (χ3v) is 8.02. The second-order valence-electron chi connectivity index (χ2n) is 10.5. The molecular weight excluding hydrogens is 444 g/mol. The molecule has 35 heavy (non-hydrogen) atoms. The fourth-order valence-electron chi connectivity index (χ4n) is 6.79. The van der Waals surface area contributed by atoms with Crippen molar-refractivity contribution in [3.8, 4) is 0 Å². The SMILES string of the molecule is O=C(NCCNc1ccccc1[N+](=O)[O-])c1ccc(CNC(=O)C23CC4CC(CC(C4)C2)C3)cc1. The van der Waals surface area contributed by atoms with Gasteiger partial charge in [-0.25, -0.2) is 0 Å². The Bertz CT molecular complexity index is 1080. The van der Waals surface area contributed by atoms with Crippen LogP contribution in [0.15, 0.2) is 48.5 Å². The van der Waals surface area contributed by atoms with E-state index in [2.05, 4.69) is 16.0 Å². The molecule has 0 saturated heterocycles. The quantitative estimate of drug-likeness (QED) is 0.284. The molecule has 2 aromatic rings. The van der Waals surface area contributed by atoms with Crippen LogP contribution in [0.2, 0.25) is 0 Å². The average molecular weight is 477 g/mol. The number of benzene rings is 2. The van der Waals surface area contributed by atoms with Crippen LogP contribution in [0.25, 0.3) is 0 Å². The van der Waals surface area contributed by atoms with E-state index in [-0.39, 0.29) is 22.9 Å². The predicted molar refractivity (Wildman–Crippen MR) is 133 cm³/mol. The van der Waals surface area contributed by atoms with Gasteiger partial charge in [-0.05, 0) is 80.0 Å². The molecule has 4 saturated carbocycles. The normalized spacial score (nSPS) is 26.2. The number of anilines is 1. The molecule has 6 rings (SSSR count). The summed E-state index contributed by atoms with van der Waals surface area (Å²) in [7, 11) is 0. The highest BCUT2D eigenvalue weighted by atomic mass is 16.6. The van der Waals surface area contributed by atoms with Crippen molar-refractivity contribution >= 4 is 23.2 Å². The average Bonchev–Trinajstić information content (AvgIpc) is 2.84. The summed E-state index contributed by atoms with van der Waals surface area (Å²) in [4.78, 5) is 36.2. The number of nitro groups is 1. The molecule has 8 nitrogen and oxygen atoms in total. The van der Waals surface area contributed by atoms with E-state index in [1.165, 1.54) is 25.3 Å². The number of hydrogen-bond donors (Lipinski definition) is 3. The van der Waals surface area contributed by atoms with Crippen LogP contribution in [0, 0.1) is 33.3 Å². The lowest BCUT2D eigenvalue weighted by Gasteiger charge is -2.55. The summed E-state index contributed by atoms with van der Waals surface area (Å²) < 4.78 is 0. The first-order valence-corrected chi connectivity index (χ1v) is 12.5. The maximum atomic E-state index is 13.1. The second kappa shape index (κ2) is 9.68. The van der Waals surface area contributed by atoms with Crippen molar-refractivity contribution in [2.24, 2.45) is 23.2 Å². The first-order valence-electron chi connectivity index (χ1n) is 12.5. The van der Waals surface area contributed by atoms with Gasteiger partial charge in [-0.3, -0.25) is 19.7 Å². The van der Waals surface area contributed by atoms with Crippen LogP contribution in [-0.4, -0.2) is 29.8 Å². The summed E-state index contributed by atoms with van der Waals surface area (Å²) in [6.07, 6.45) is 7.11. The van der Waals surface area contributed by atoms with Gasteiger partial charge in [0.1, 0.15) is 5.69 Å². The number of carbonyl (C=O) groups excluding carboxylic acids is 2. The van der Waals surface area contributed by atoms with E-state index in [1.54, 1.807) is 30.3 Å². The minimum atomic E-state index is -0.436. The van der Waals surface area contributed by atoms with Crippen molar-refractivity contribution in [1.29, 1.82) is 0 Å². The molecule has 4 bridgehead atoms. The number of carbonyl (C=O) groups is 2. The lowest BCUT2D eigenvalue weighted by Crippen LogP contribution is -2.53. The number of nitrogens with one attached hydrogen (secondary N) is 3. The van der Waals surface area contributed by atoms with Crippen LogP contribution in [-0.2, 0) is 11.3 Å². The highest BCUT2D eigenvalue weighted by molar-refractivity contribution is 5.94. The molecule has 2 aromatic carbocycles. The second-order valence-corrected chi connectivity index (χ2v) is 10.5. The summed E-state index contributed by atoms with van der Waals surface area (Å²) in [5.41, 5.74) is 1.78. The summed E-state index contributed by atoms with van der Waals surface area (Å²) in [6, 6.07) is 13.7. The summed E-state index contributed by atoms with van der Waals surface area (Å²) in [5, 5.41) is 20.1. The minimum Gasteiger partial charge on any atom is -0.378 e. The molecule has 0 aliphatic heterocycles. The Morgan fingerprint density at radius 3 is 2.14 bits per heavy atom. The Kier molecular flexibility index (Phi) is 6.45. The van der Waals surface area contributed by atoms with E-state index >= 15 is 0 Å². The zero-order valence-electron chi connectivity index (χ0n) is 19.8. The molecule has 184 valence electrons. The largest absolute Gasteiger partial charge is 0.378 e. The molecular formula is C27H32N4O4. The topological polar surface area (TPSA) is 113 Å².